The third kappa shape index (κ3) is 5.24. The molecule has 8 nitrogen and oxygen atoms in total. The molecule has 0 saturated heterocycles. The van der Waals surface area contributed by atoms with Gasteiger partial charge in [0.05, 0.1) is 17.2 Å². The summed E-state index contributed by atoms with van der Waals surface area (Å²) in [6.07, 6.45) is -3.30. The summed E-state index contributed by atoms with van der Waals surface area (Å²) < 4.78 is 41.7. The van der Waals surface area contributed by atoms with Gasteiger partial charge in [-0.15, -0.1) is 0 Å². The number of H-pyrrole nitrogens is 1. The van der Waals surface area contributed by atoms with E-state index in [1.54, 1.807) is 67.7 Å². The lowest BCUT2D eigenvalue weighted by atomic mass is 10.1. The van der Waals surface area contributed by atoms with E-state index < -0.39 is 17.9 Å². The van der Waals surface area contributed by atoms with Crippen molar-refractivity contribution < 1.29 is 18.0 Å². The quantitative estimate of drug-likeness (QED) is 0.259. The standard InChI is InChI=1S/C28H23F3N6O2/c1-15-4-7-17(8-5-15)23-24(36-27(35-23)28(29,30)31)25(38)34-19-9-6-16(2)22(13-19)33-18-10-11-21-20(12-18)26(39)37(3)14-32-21/h4-14,33H,1-3H3,(H,34,38)(H,35,36). The van der Waals surface area contributed by atoms with Gasteiger partial charge in [-0.3, -0.25) is 9.59 Å². The van der Waals surface area contributed by atoms with Crippen molar-refractivity contribution in [3.8, 4) is 11.3 Å². The van der Waals surface area contributed by atoms with Crippen LogP contribution in [0.3, 0.4) is 0 Å². The van der Waals surface area contributed by atoms with E-state index in [2.05, 4.69) is 25.6 Å². The molecule has 0 aliphatic heterocycles. The van der Waals surface area contributed by atoms with Crippen LogP contribution in [0.5, 0.6) is 0 Å². The van der Waals surface area contributed by atoms with Crippen molar-refractivity contribution in [3.63, 3.8) is 0 Å². The van der Waals surface area contributed by atoms with Crippen LogP contribution in [0.2, 0.25) is 0 Å². The molecule has 2 heterocycles. The van der Waals surface area contributed by atoms with Crippen LogP contribution in [0, 0.1) is 13.8 Å². The van der Waals surface area contributed by atoms with E-state index in [0.29, 0.717) is 33.5 Å². The summed E-state index contributed by atoms with van der Waals surface area (Å²) in [5, 5.41) is 6.34. The number of hydrogen-bond acceptors (Lipinski definition) is 5. The molecule has 3 N–H and O–H groups in total. The van der Waals surface area contributed by atoms with Gasteiger partial charge in [0, 0.05) is 29.7 Å². The van der Waals surface area contributed by atoms with E-state index in [4.69, 9.17) is 0 Å². The Morgan fingerprint density at radius 2 is 1.69 bits per heavy atom. The van der Waals surface area contributed by atoms with Crippen LogP contribution in [0.1, 0.15) is 27.4 Å². The number of carbonyl (C=O) groups is 1. The van der Waals surface area contributed by atoms with E-state index in [0.717, 1.165) is 11.1 Å². The van der Waals surface area contributed by atoms with Crippen molar-refractivity contribution in [2.75, 3.05) is 10.6 Å². The summed E-state index contributed by atoms with van der Waals surface area (Å²) in [5.41, 5.74) is 3.71. The predicted octanol–water partition coefficient (Wildman–Crippen LogP) is 5.96. The summed E-state index contributed by atoms with van der Waals surface area (Å²) in [5.74, 6) is -2.03. The summed E-state index contributed by atoms with van der Waals surface area (Å²) in [6.45, 7) is 3.70. The Bertz CT molecular complexity index is 1770. The first kappa shape index (κ1) is 25.7. The monoisotopic (exact) mass is 532 g/mol. The van der Waals surface area contributed by atoms with Gasteiger partial charge in [-0.05, 0) is 49.7 Å². The van der Waals surface area contributed by atoms with Gasteiger partial charge in [-0.1, -0.05) is 35.9 Å². The molecular weight excluding hydrogens is 509 g/mol. The van der Waals surface area contributed by atoms with Gasteiger partial charge >= 0.3 is 6.18 Å². The summed E-state index contributed by atoms with van der Waals surface area (Å²) in [7, 11) is 1.62. The van der Waals surface area contributed by atoms with Gasteiger partial charge in [0.2, 0.25) is 5.82 Å². The molecule has 5 aromatic rings. The van der Waals surface area contributed by atoms with Gasteiger partial charge in [0.25, 0.3) is 11.5 Å². The van der Waals surface area contributed by atoms with Gasteiger partial charge in [-0.2, -0.15) is 13.2 Å². The number of fused-ring (bicyclic) bond motifs is 1. The maximum absolute atomic E-state index is 13.4. The molecule has 0 atom stereocenters. The van der Waals surface area contributed by atoms with Crippen LogP contribution < -0.4 is 16.2 Å². The third-order valence-electron chi connectivity index (χ3n) is 6.22. The van der Waals surface area contributed by atoms with Crippen molar-refractivity contribution in [2.24, 2.45) is 7.05 Å². The van der Waals surface area contributed by atoms with Gasteiger partial charge < -0.3 is 20.2 Å². The Labute approximate surface area is 220 Å². The number of anilines is 3. The fraction of sp³-hybridized carbons (Fsp3) is 0.143. The lowest BCUT2D eigenvalue weighted by Gasteiger charge is -2.13. The number of amides is 1. The van der Waals surface area contributed by atoms with Crippen LogP contribution in [0.25, 0.3) is 22.2 Å². The molecule has 3 aromatic carbocycles. The first-order valence-electron chi connectivity index (χ1n) is 11.9. The highest BCUT2D eigenvalue weighted by Crippen LogP contribution is 2.32. The number of nitrogens with zero attached hydrogens (tertiary/aromatic N) is 3. The fourth-order valence-corrected chi connectivity index (χ4v) is 4.06. The molecule has 5 rings (SSSR count). The first-order chi connectivity index (χ1) is 18.5. The number of alkyl halides is 3. The van der Waals surface area contributed by atoms with E-state index in [1.165, 1.54) is 10.9 Å². The molecule has 39 heavy (non-hydrogen) atoms. The summed E-state index contributed by atoms with van der Waals surface area (Å²) >= 11 is 0. The van der Waals surface area contributed by atoms with Gasteiger partial charge in [-0.25, -0.2) is 9.97 Å². The second-order valence-electron chi connectivity index (χ2n) is 9.17. The second-order valence-corrected chi connectivity index (χ2v) is 9.17. The molecule has 0 fully saturated rings. The largest absolute Gasteiger partial charge is 0.449 e. The van der Waals surface area contributed by atoms with Crippen molar-refractivity contribution >= 4 is 33.9 Å². The zero-order valence-corrected chi connectivity index (χ0v) is 21.1. The average Bonchev–Trinajstić information content (AvgIpc) is 3.35. The number of halogens is 3. The zero-order chi connectivity index (χ0) is 27.9. The van der Waals surface area contributed by atoms with Crippen LogP contribution in [-0.4, -0.2) is 25.4 Å². The number of aromatic nitrogens is 4. The van der Waals surface area contributed by atoms with Crippen molar-refractivity contribution in [3.05, 3.63) is 100.0 Å². The topological polar surface area (TPSA) is 105 Å². The van der Waals surface area contributed by atoms with Crippen molar-refractivity contribution in [2.45, 2.75) is 20.0 Å². The SMILES string of the molecule is Cc1ccc(-c2nc(C(F)(F)F)[nH]c2C(=O)Nc2ccc(C)c(Nc3ccc4ncn(C)c(=O)c4c3)c2)cc1. The van der Waals surface area contributed by atoms with E-state index >= 15 is 0 Å². The minimum atomic E-state index is -4.75. The van der Waals surface area contributed by atoms with Crippen molar-refractivity contribution in [1.82, 2.24) is 19.5 Å². The Morgan fingerprint density at radius 3 is 2.41 bits per heavy atom. The highest BCUT2D eigenvalue weighted by molar-refractivity contribution is 6.07. The van der Waals surface area contributed by atoms with Crippen molar-refractivity contribution in [1.29, 1.82) is 0 Å². The maximum atomic E-state index is 13.4. The average molecular weight is 533 g/mol. The highest BCUT2D eigenvalue weighted by atomic mass is 19.4. The number of aromatic amines is 1. The van der Waals surface area contributed by atoms with E-state index in [1.807, 2.05) is 13.8 Å². The minimum Gasteiger partial charge on any atom is -0.355 e. The van der Waals surface area contributed by atoms with E-state index in [-0.39, 0.29) is 16.9 Å². The number of benzene rings is 3. The van der Waals surface area contributed by atoms with Crippen LogP contribution >= 0.6 is 0 Å². The first-order valence-corrected chi connectivity index (χ1v) is 11.9. The molecule has 11 heteroatoms. The zero-order valence-electron chi connectivity index (χ0n) is 21.1. The molecule has 2 aromatic heterocycles. The Hall–Kier alpha value is -4.93. The Morgan fingerprint density at radius 1 is 0.974 bits per heavy atom. The molecule has 0 aliphatic rings. The molecular formula is C28H23F3N6O2. The predicted molar refractivity (Wildman–Crippen MR) is 143 cm³/mol. The number of hydrogen-bond donors (Lipinski definition) is 3. The van der Waals surface area contributed by atoms with Gasteiger partial charge in [0.1, 0.15) is 11.4 Å². The lowest BCUT2D eigenvalue weighted by Crippen LogP contribution is -2.16. The number of carbonyl (C=O) groups excluding carboxylic acids is 1. The molecule has 0 saturated carbocycles. The number of aryl methyl sites for hydroxylation is 3. The minimum absolute atomic E-state index is 0.100. The Kier molecular flexibility index (Phi) is 6.43. The molecule has 0 aliphatic carbocycles. The van der Waals surface area contributed by atoms with Crippen LogP contribution in [0.4, 0.5) is 30.2 Å². The maximum Gasteiger partial charge on any atom is 0.449 e. The highest BCUT2D eigenvalue weighted by Gasteiger charge is 2.37. The molecule has 0 unspecified atom stereocenters. The van der Waals surface area contributed by atoms with Crippen LogP contribution in [0.15, 0.2) is 71.8 Å². The number of imidazole rings is 1. The number of nitrogens with one attached hydrogen (secondary N) is 3. The lowest BCUT2D eigenvalue weighted by molar-refractivity contribution is -0.144. The van der Waals surface area contributed by atoms with E-state index in [9.17, 15) is 22.8 Å². The molecule has 198 valence electrons. The molecule has 1 amide bonds. The second kappa shape index (κ2) is 9.75. The normalized spacial score (nSPS) is 11.5. The molecule has 0 spiro atoms. The smallest absolute Gasteiger partial charge is 0.355 e. The third-order valence-corrected chi connectivity index (χ3v) is 6.22. The number of rotatable bonds is 5. The van der Waals surface area contributed by atoms with Gasteiger partial charge in [0.15, 0.2) is 0 Å². The molecule has 0 radical (unpaired) electrons. The van der Waals surface area contributed by atoms with Crippen LogP contribution in [-0.2, 0) is 13.2 Å². The molecule has 0 bridgehead atoms. The summed E-state index contributed by atoms with van der Waals surface area (Å²) in [6, 6.07) is 16.9. The fourth-order valence-electron chi connectivity index (χ4n) is 4.06. The summed E-state index contributed by atoms with van der Waals surface area (Å²) in [4.78, 5) is 35.7. The Balaban J connectivity index is 1.45.